The van der Waals surface area contributed by atoms with Crippen molar-refractivity contribution in [2.24, 2.45) is 0 Å². The number of ether oxygens (including phenoxy) is 1. The molecule has 158 valence electrons. The molecule has 1 saturated carbocycles. The van der Waals surface area contributed by atoms with Gasteiger partial charge in [0, 0.05) is 18.1 Å². The van der Waals surface area contributed by atoms with Crippen molar-refractivity contribution in [3.63, 3.8) is 0 Å². The van der Waals surface area contributed by atoms with E-state index in [9.17, 15) is 18.7 Å². The number of benzene rings is 2. The summed E-state index contributed by atoms with van der Waals surface area (Å²) in [6.07, 6.45) is 4.19. The first kappa shape index (κ1) is 20.3. The molecule has 0 radical (unpaired) electrons. The van der Waals surface area contributed by atoms with E-state index in [1.807, 2.05) is 0 Å². The molecule has 1 aliphatic rings. The van der Waals surface area contributed by atoms with E-state index >= 15 is 0 Å². The van der Waals surface area contributed by atoms with Crippen molar-refractivity contribution in [3.8, 4) is 5.75 Å². The average molecular weight is 414 g/mol. The number of rotatable bonds is 5. The molecule has 1 aliphatic carbocycles. The van der Waals surface area contributed by atoms with E-state index in [2.05, 4.69) is 5.32 Å². The maximum absolute atomic E-state index is 14.7. The zero-order valence-electron chi connectivity index (χ0n) is 16.7. The summed E-state index contributed by atoms with van der Waals surface area (Å²) in [7, 11) is 1.40. The molecule has 0 bridgehead atoms. The maximum atomic E-state index is 14.7. The summed E-state index contributed by atoms with van der Waals surface area (Å²) >= 11 is 0. The van der Waals surface area contributed by atoms with Crippen molar-refractivity contribution >= 4 is 16.8 Å². The average Bonchev–Trinajstić information content (AvgIpc) is 3.10. The first-order valence-corrected chi connectivity index (χ1v) is 10.1. The second-order valence-corrected chi connectivity index (χ2v) is 7.71. The number of methoxy groups -OCH3 is 1. The largest absolute Gasteiger partial charge is 0.494 e. The van der Waals surface area contributed by atoms with Crippen molar-refractivity contribution in [2.45, 2.75) is 44.4 Å². The SMILES string of the molecule is COc1ccc(Cn2cc(C(=O)N[C@H]3CCCC[C@@H]3O)c3c(F)cccc32)cc1F. The highest BCUT2D eigenvalue weighted by atomic mass is 19.1. The van der Waals surface area contributed by atoms with Crippen LogP contribution in [0.1, 0.15) is 41.6 Å². The summed E-state index contributed by atoms with van der Waals surface area (Å²) in [4.78, 5) is 12.9. The Bertz CT molecular complexity index is 1080. The van der Waals surface area contributed by atoms with Crippen LogP contribution in [-0.2, 0) is 6.54 Å². The second-order valence-electron chi connectivity index (χ2n) is 7.71. The molecule has 0 unspecified atom stereocenters. The third kappa shape index (κ3) is 3.89. The fourth-order valence-corrected chi connectivity index (χ4v) is 4.14. The number of hydrogen-bond donors (Lipinski definition) is 2. The van der Waals surface area contributed by atoms with Gasteiger partial charge in [-0.15, -0.1) is 0 Å². The lowest BCUT2D eigenvalue weighted by Gasteiger charge is -2.28. The molecule has 1 heterocycles. The van der Waals surface area contributed by atoms with E-state index in [0.29, 0.717) is 23.9 Å². The number of amides is 1. The zero-order valence-corrected chi connectivity index (χ0v) is 16.7. The van der Waals surface area contributed by atoms with Crippen molar-refractivity contribution in [2.75, 3.05) is 7.11 Å². The molecule has 1 fully saturated rings. The Morgan fingerprint density at radius 2 is 2.00 bits per heavy atom. The van der Waals surface area contributed by atoms with Gasteiger partial charge in [-0.2, -0.15) is 0 Å². The van der Waals surface area contributed by atoms with Crippen LogP contribution >= 0.6 is 0 Å². The van der Waals surface area contributed by atoms with Gasteiger partial charge in [0.2, 0.25) is 0 Å². The van der Waals surface area contributed by atoms with Gasteiger partial charge in [0.05, 0.1) is 30.3 Å². The third-order valence-corrected chi connectivity index (χ3v) is 5.72. The van der Waals surface area contributed by atoms with E-state index in [1.165, 1.54) is 25.3 Å². The highest BCUT2D eigenvalue weighted by molar-refractivity contribution is 6.07. The maximum Gasteiger partial charge on any atom is 0.253 e. The van der Waals surface area contributed by atoms with Gasteiger partial charge < -0.3 is 19.7 Å². The van der Waals surface area contributed by atoms with Crippen LogP contribution in [0.3, 0.4) is 0 Å². The minimum Gasteiger partial charge on any atom is -0.494 e. The molecular formula is C23H24F2N2O3. The Kier molecular flexibility index (Phi) is 5.72. The van der Waals surface area contributed by atoms with Crippen molar-refractivity contribution in [3.05, 3.63) is 65.4 Å². The summed E-state index contributed by atoms with van der Waals surface area (Å²) in [5.41, 5.74) is 1.40. The predicted molar refractivity (Wildman–Crippen MR) is 110 cm³/mol. The molecule has 4 rings (SSSR count). The summed E-state index contributed by atoms with van der Waals surface area (Å²) in [5, 5.41) is 13.2. The molecule has 2 atom stereocenters. The molecule has 0 aliphatic heterocycles. The van der Waals surface area contributed by atoms with Crippen LogP contribution in [0.5, 0.6) is 5.75 Å². The lowest BCUT2D eigenvalue weighted by Crippen LogP contribution is -2.45. The van der Waals surface area contributed by atoms with Crippen molar-refractivity contribution in [1.29, 1.82) is 0 Å². The molecule has 1 amide bonds. The summed E-state index contributed by atoms with van der Waals surface area (Å²) < 4.78 is 35.4. The van der Waals surface area contributed by atoms with Gasteiger partial charge in [0.25, 0.3) is 5.91 Å². The third-order valence-electron chi connectivity index (χ3n) is 5.72. The number of aliphatic hydroxyl groups is 1. The molecular weight excluding hydrogens is 390 g/mol. The highest BCUT2D eigenvalue weighted by Crippen LogP contribution is 2.27. The summed E-state index contributed by atoms with van der Waals surface area (Å²) in [6.45, 7) is 0.264. The number of halogens is 2. The Morgan fingerprint density at radius 3 is 2.73 bits per heavy atom. The Labute approximate surface area is 173 Å². The Morgan fingerprint density at radius 1 is 1.20 bits per heavy atom. The number of aliphatic hydroxyl groups excluding tert-OH is 1. The highest BCUT2D eigenvalue weighted by Gasteiger charge is 2.27. The smallest absolute Gasteiger partial charge is 0.253 e. The molecule has 30 heavy (non-hydrogen) atoms. The molecule has 0 saturated heterocycles. The number of carbonyl (C=O) groups is 1. The van der Waals surface area contributed by atoms with Crippen LogP contribution in [0.2, 0.25) is 0 Å². The number of nitrogens with one attached hydrogen (secondary N) is 1. The van der Waals surface area contributed by atoms with Crippen LogP contribution in [-0.4, -0.2) is 34.8 Å². The number of nitrogens with zero attached hydrogens (tertiary/aromatic N) is 1. The van der Waals surface area contributed by atoms with Gasteiger partial charge in [-0.25, -0.2) is 8.78 Å². The van der Waals surface area contributed by atoms with Crippen LogP contribution in [0.4, 0.5) is 8.78 Å². The molecule has 2 N–H and O–H groups in total. The van der Waals surface area contributed by atoms with Crippen molar-refractivity contribution < 1.29 is 23.4 Å². The molecule has 1 aromatic heterocycles. The van der Waals surface area contributed by atoms with E-state index < -0.39 is 23.6 Å². The minimum absolute atomic E-state index is 0.147. The van der Waals surface area contributed by atoms with Crippen molar-refractivity contribution in [1.82, 2.24) is 9.88 Å². The lowest BCUT2D eigenvalue weighted by molar-refractivity contribution is 0.0718. The summed E-state index contributed by atoms with van der Waals surface area (Å²) in [6, 6.07) is 8.90. The molecule has 7 heteroatoms. The number of carbonyl (C=O) groups excluding carboxylic acids is 1. The quantitative estimate of drug-likeness (QED) is 0.663. The normalized spacial score (nSPS) is 19.1. The van der Waals surface area contributed by atoms with E-state index in [-0.39, 0.29) is 29.3 Å². The fourth-order valence-electron chi connectivity index (χ4n) is 4.14. The molecule has 0 spiro atoms. The second kappa shape index (κ2) is 8.44. The number of aromatic nitrogens is 1. The Balaban J connectivity index is 1.67. The predicted octanol–water partition coefficient (Wildman–Crippen LogP) is 4.01. The van der Waals surface area contributed by atoms with E-state index in [4.69, 9.17) is 4.74 Å². The van der Waals surface area contributed by atoms with E-state index in [1.54, 1.807) is 29.0 Å². The monoisotopic (exact) mass is 414 g/mol. The van der Waals surface area contributed by atoms with Gasteiger partial charge in [0.15, 0.2) is 11.6 Å². The summed E-state index contributed by atoms with van der Waals surface area (Å²) in [5.74, 6) is -1.26. The molecule has 5 nitrogen and oxygen atoms in total. The number of fused-ring (bicyclic) bond motifs is 1. The number of hydrogen-bond acceptors (Lipinski definition) is 3. The van der Waals surface area contributed by atoms with Gasteiger partial charge in [-0.3, -0.25) is 4.79 Å². The minimum atomic E-state index is -0.594. The molecule has 2 aromatic carbocycles. The lowest BCUT2D eigenvalue weighted by atomic mass is 9.92. The standard InChI is InChI=1S/C23H24F2N2O3/c1-30-21-10-9-14(11-17(21)25)12-27-13-15(22-16(24)5-4-7-19(22)27)23(29)26-18-6-2-3-8-20(18)28/h4-5,7,9-11,13,18,20,28H,2-3,6,8,12H2,1H3,(H,26,29)/t18-,20-/m0/s1. The first-order valence-electron chi connectivity index (χ1n) is 10.1. The van der Waals surface area contributed by atoms with Gasteiger partial charge >= 0.3 is 0 Å². The van der Waals surface area contributed by atoms with Gasteiger partial charge in [0.1, 0.15) is 5.82 Å². The van der Waals surface area contributed by atoms with Gasteiger partial charge in [-0.1, -0.05) is 25.0 Å². The fraction of sp³-hybridized carbons (Fsp3) is 0.348. The zero-order chi connectivity index (χ0) is 21.3. The van der Waals surface area contributed by atoms with Crippen LogP contribution < -0.4 is 10.1 Å². The van der Waals surface area contributed by atoms with Crippen LogP contribution in [0, 0.1) is 11.6 Å². The topological polar surface area (TPSA) is 63.5 Å². The van der Waals surface area contributed by atoms with Gasteiger partial charge in [-0.05, 0) is 42.7 Å². The van der Waals surface area contributed by atoms with Crippen LogP contribution in [0.25, 0.3) is 10.9 Å². The van der Waals surface area contributed by atoms with E-state index in [0.717, 1.165) is 12.8 Å². The van der Waals surface area contributed by atoms with Crippen LogP contribution in [0.15, 0.2) is 42.6 Å². The Hall–Kier alpha value is -2.93. The molecule has 3 aromatic rings. The first-order chi connectivity index (χ1) is 14.5.